The van der Waals surface area contributed by atoms with Gasteiger partial charge in [0.2, 0.25) is 0 Å². The largest absolute Gasteiger partial charge is 0.455 e. The lowest BCUT2D eigenvalue weighted by Gasteiger charge is -2.26. The first kappa shape index (κ1) is 29.1. The molecule has 0 spiro atoms. The van der Waals surface area contributed by atoms with E-state index in [0.717, 1.165) is 61.1 Å². The molecule has 0 aliphatic heterocycles. The van der Waals surface area contributed by atoms with Crippen LogP contribution in [0.25, 0.3) is 71.7 Å². The molecule has 3 nitrogen and oxygen atoms in total. The van der Waals surface area contributed by atoms with Gasteiger partial charge in [-0.05, 0) is 95.1 Å². The maximum Gasteiger partial charge on any atom is 0.145 e. The predicted molar refractivity (Wildman–Crippen MR) is 214 cm³/mol. The van der Waals surface area contributed by atoms with Gasteiger partial charge >= 0.3 is 0 Å². The van der Waals surface area contributed by atoms with Crippen LogP contribution < -0.4 is 4.90 Å². The third-order valence-electron chi connectivity index (χ3n) is 10.0. The average Bonchev–Trinajstić information content (AvgIpc) is 3.75. The van der Waals surface area contributed by atoms with Crippen LogP contribution in [0.15, 0.2) is 199 Å². The zero-order valence-corrected chi connectivity index (χ0v) is 27.8. The fraction of sp³-hybridized carbons (Fsp3) is 0. The highest BCUT2D eigenvalue weighted by Crippen LogP contribution is 2.42. The third-order valence-corrected chi connectivity index (χ3v) is 10.0. The van der Waals surface area contributed by atoms with E-state index in [1.54, 1.807) is 0 Å². The molecule has 51 heavy (non-hydrogen) atoms. The average molecular weight is 653 g/mol. The molecule has 0 aliphatic rings. The van der Waals surface area contributed by atoms with Crippen molar-refractivity contribution in [2.75, 3.05) is 4.90 Å². The molecule has 0 aliphatic carbocycles. The molecule has 2 heterocycles. The molecule has 2 aromatic heterocycles. The van der Waals surface area contributed by atoms with Gasteiger partial charge in [0.25, 0.3) is 0 Å². The van der Waals surface area contributed by atoms with Crippen LogP contribution in [0.4, 0.5) is 17.1 Å². The second-order valence-corrected chi connectivity index (χ2v) is 13.0. The molecule has 240 valence electrons. The summed E-state index contributed by atoms with van der Waals surface area (Å²) in [5.41, 5.74) is 13.3. The Balaban J connectivity index is 1.09. The van der Waals surface area contributed by atoms with E-state index in [1.807, 2.05) is 6.07 Å². The number of para-hydroxylation sites is 2. The van der Waals surface area contributed by atoms with Crippen molar-refractivity contribution in [1.82, 2.24) is 4.57 Å². The normalized spacial score (nSPS) is 11.5. The molecule has 0 unspecified atom stereocenters. The maximum atomic E-state index is 6.52. The van der Waals surface area contributed by atoms with Crippen molar-refractivity contribution in [2.24, 2.45) is 0 Å². The minimum Gasteiger partial charge on any atom is -0.455 e. The molecule has 0 radical (unpaired) electrons. The zero-order chi connectivity index (χ0) is 33.7. The predicted octanol–water partition coefficient (Wildman–Crippen LogP) is 13.5. The van der Waals surface area contributed by atoms with Crippen LogP contribution in [0.5, 0.6) is 0 Å². The van der Waals surface area contributed by atoms with E-state index in [2.05, 4.69) is 198 Å². The summed E-state index contributed by atoms with van der Waals surface area (Å²) in [5, 5.41) is 4.61. The van der Waals surface area contributed by atoms with Crippen molar-refractivity contribution in [2.45, 2.75) is 0 Å². The molecule has 8 aromatic carbocycles. The van der Waals surface area contributed by atoms with Crippen molar-refractivity contribution in [3.63, 3.8) is 0 Å². The molecule has 0 amide bonds. The smallest absolute Gasteiger partial charge is 0.145 e. The molecule has 10 aromatic rings. The summed E-state index contributed by atoms with van der Waals surface area (Å²) in [6, 6.07) is 69.1. The van der Waals surface area contributed by atoms with Gasteiger partial charge in [-0.25, -0.2) is 0 Å². The summed E-state index contributed by atoms with van der Waals surface area (Å²) >= 11 is 0. The number of furan rings is 1. The van der Waals surface area contributed by atoms with Gasteiger partial charge in [-0.1, -0.05) is 121 Å². The Morgan fingerprint density at radius 2 is 0.843 bits per heavy atom. The summed E-state index contributed by atoms with van der Waals surface area (Å²) < 4.78 is 8.88. The molecule has 0 bridgehead atoms. The van der Waals surface area contributed by atoms with Gasteiger partial charge in [0, 0.05) is 38.9 Å². The van der Waals surface area contributed by atoms with E-state index in [-0.39, 0.29) is 0 Å². The summed E-state index contributed by atoms with van der Waals surface area (Å²) in [5.74, 6) is 0. The molecular weight excluding hydrogens is 621 g/mol. The second kappa shape index (κ2) is 11.9. The lowest BCUT2D eigenvalue weighted by atomic mass is 10.0. The van der Waals surface area contributed by atoms with Crippen LogP contribution in [-0.2, 0) is 0 Å². The molecule has 0 saturated heterocycles. The van der Waals surface area contributed by atoms with E-state index >= 15 is 0 Å². The highest BCUT2D eigenvalue weighted by Gasteiger charge is 2.19. The molecule has 0 fully saturated rings. The SMILES string of the molecule is c1ccc(-c2ccc(N(c3ccc(-c4ccccc4)cc3)c3ccc(-n4c5ccccc5c5c6oc7ccccc7c6ccc54)cc3)cc2)cc1. The lowest BCUT2D eigenvalue weighted by molar-refractivity contribution is 0.673. The van der Waals surface area contributed by atoms with Crippen molar-refractivity contribution in [1.29, 1.82) is 0 Å². The van der Waals surface area contributed by atoms with Gasteiger partial charge < -0.3 is 13.9 Å². The molecule has 0 N–H and O–H groups in total. The Labute approximate surface area is 295 Å². The minimum absolute atomic E-state index is 0.912. The number of fused-ring (bicyclic) bond motifs is 7. The third kappa shape index (κ3) is 4.90. The number of anilines is 3. The first-order valence-electron chi connectivity index (χ1n) is 17.4. The zero-order valence-electron chi connectivity index (χ0n) is 27.8. The Morgan fingerprint density at radius 3 is 1.45 bits per heavy atom. The van der Waals surface area contributed by atoms with Crippen molar-refractivity contribution >= 4 is 60.8 Å². The fourth-order valence-corrected chi connectivity index (χ4v) is 7.58. The number of aromatic nitrogens is 1. The van der Waals surface area contributed by atoms with Crippen LogP contribution in [0, 0.1) is 0 Å². The van der Waals surface area contributed by atoms with E-state index in [0.29, 0.717) is 0 Å². The van der Waals surface area contributed by atoms with Crippen molar-refractivity contribution < 1.29 is 4.42 Å². The summed E-state index contributed by atoms with van der Waals surface area (Å²) in [6.45, 7) is 0. The number of rotatable bonds is 6. The van der Waals surface area contributed by atoms with E-state index in [1.165, 1.54) is 27.6 Å². The van der Waals surface area contributed by atoms with Crippen LogP contribution in [-0.4, -0.2) is 4.57 Å². The van der Waals surface area contributed by atoms with E-state index < -0.39 is 0 Å². The Hall–Kier alpha value is -6.84. The highest BCUT2D eigenvalue weighted by molar-refractivity contribution is 6.23. The van der Waals surface area contributed by atoms with Crippen LogP contribution in [0.3, 0.4) is 0 Å². The first-order chi connectivity index (χ1) is 25.3. The monoisotopic (exact) mass is 652 g/mol. The van der Waals surface area contributed by atoms with Gasteiger partial charge in [0.1, 0.15) is 11.2 Å². The Kier molecular flexibility index (Phi) is 6.81. The molecule has 3 heteroatoms. The van der Waals surface area contributed by atoms with Crippen LogP contribution in [0.2, 0.25) is 0 Å². The Bertz CT molecular complexity index is 2730. The van der Waals surface area contributed by atoms with Gasteiger partial charge in [-0.3, -0.25) is 0 Å². The quantitative estimate of drug-likeness (QED) is 0.178. The minimum atomic E-state index is 0.912. The number of benzene rings is 8. The molecule has 0 saturated carbocycles. The maximum absolute atomic E-state index is 6.52. The van der Waals surface area contributed by atoms with Gasteiger partial charge in [0.15, 0.2) is 0 Å². The second-order valence-electron chi connectivity index (χ2n) is 13.0. The number of hydrogen-bond donors (Lipinski definition) is 0. The van der Waals surface area contributed by atoms with Gasteiger partial charge in [0.05, 0.1) is 16.4 Å². The van der Waals surface area contributed by atoms with Crippen molar-refractivity contribution in [3.8, 4) is 27.9 Å². The summed E-state index contributed by atoms with van der Waals surface area (Å²) in [4.78, 5) is 2.33. The number of hydrogen-bond acceptors (Lipinski definition) is 2. The Morgan fingerprint density at radius 1 is 0.353 bits per heavy atom. The summed E-state index contributed by atoms with van der Waals surface area (Å²) in [6.07, 6.45) is 0. The fourth-order valence-electron chi connectivity index (χ4n) is 7.58. The molecule has 0 atom stereocenters. The van der Waals surface area contributed by atoms with Gasteiger partial charge in [-0.15, -0.1) is 0 Å². The van der Waals surface area contributed by atoms with E-state index in [9.17, 15) is 0 Å². The van der Waals surface area contributed by atoms with Crippen LogP contribution in [0.1, 0.15) is 0 Å². The van der Waals surface area contributed by atoms with E-state index in [4.69, 9.17) is 4.42 Å². The first-order valence-corrected chi connectivity index (χ1v) is 17.4. The molecule has 10 rings (SSSR count). The summed E-state index contributed by atoms with van der Waals surface area (Å²) in [7, 11) is 0. The van der Waals surface area contributed by atoms with Gasteiger partial charge in [-0.2, -0.15) is 0 Å². The topological polar surface area (TPSA) is 21.3 Å². The molecular formula is C48H32N2O. The van der Waals surface area contributed by atoms with Crippen molar-refractivity contribution in [3.05, 3.63) is 194 Å². The number of nitrogens with zero attached hydrogens (tertiary/aromatic N) is 2. The van der Waals surface area contributed by atoms with Crippen LogP contribution >= 0.6 is 0 Å². The highest BCUT2D eigenvalue weighted by atomic mass is 16.3. The standard InChI is InChI=1S/C48H32N2O/c1-3-11-33(12-4-1)35-19-23-37(24-20-35)49(38-25-21-36(22-26-38)34-13-5-2-6-14-34)39-27-29-40(30-28-39)50-44-17-9-7-16-43(44)47-45(50)32-31-42-41-15-8-10-18-46(41)51-48(42)47/h1-32H. The lowest BCUT2D eigenvalue weighted by Crippen LogP contribution is -2.10.